The van der Waals surface area contributed by atoms with E-state index in [0.717, 1.165) is 31.6 Å². The summed E-state index contributed by atoms with van der Waals surface area (Å²) in [5, 5.41) is 6.60. The number of rotatable bonds is 10. The van der Waals surface area contributed by atoms with Crippen LogP contribution in [0.5, 0.6) is 5.88 Å². The first-order chi connectivity index (χ1) is 11.7. The Balaban J connectivity index is 1.72. The van der Waals surface area contributed by atoms with E-state index in [4.69, 9.17) is 9.26 Å². The van der Waals surface area contributed by atoms with E-state index in [0.29, 0.717) is 19.0 Å². The van der Waals surface area contributed by atoms with E-state index >= 15 is 0 Å². The minimum Gasteiger partial charge on any atom is -0.471 e. The van der Waals surface area contributed by atoms with Crippen LogP contribution in [-0.4, -0.2) is 42.1 Å². The summed E-state index contributed by atoms with van der Waals surface area (Å²) in [6.45, 7) is 8.27. The molecule has 0 aliphatic rings. The van der Waals surface area contributed by atoms with E-state index < -0.39 is 0 Å². The number of amides is 1. The lowest BCUT2D eigenvalue weighted by Gasteiger charge is -2.17. The Morgan fingerprint density at radius 3 is 2.71 bits per heavy atom. The van der Waals surface area contributed by atoms with E-state index in [-0.39, 0.29) is 11.7 Å². The van der Waals surface area contributed by atoms with E-state index in [1.807, 2.05) is 30.3 Å². The van der Waals surface area contributed by atoms with Gasteiger partial charge in [-0.15, -0.1) is 0 Å². The van der Waals surface area contributed by atoms with Crippen LogP contribution in [0, 0.1) is 0 Å². The van der Waals surface area contributed by atoms with Crippen LogP contribution in [0.4, 0.5) is 0 Å². The number of carbonyl (C=O) groups excluding carboxylic acids is 1. The Bertz CT molecular complexity index is 609. The molecule has 1 heterocycles. The van der Waals surface area contributed by atoms with Crippen LogP contribution in [0.2, 0.25) is 0 Å². The fourth-order valence-corrected chi connectivity index (χ4v) is 2.30. The van der Waals surface area contributed by atoms with Gasteiger partial charge in [-0.1, -0.05) is 44.2 Å². The molecule has 0 radical (unpaired) electrons. The maximum Gasteiger partial charge on any atom is 0.290 e. The van der Waals surface area contributed by atoms with Crippen LogP contribution in [0.3, 0.4) is 0 Å². The molecule has 0 aliphatic heterocycles. The second-order valence-corrected chi connectivity index (χ2v) is 5.44. The van der Waals surface area contributed by atoms with Crippen LogP contribution in [0.25, 0.3) is 0 Å². The zero-order valence-corrected chi connectivity index (χ0v) is 14.3. The van der Waals surface area contributed by atoms with Gasteiger partial charge in [-0.25, -0.2) is 0 Å². The molecule has 1 aromatic heterocycles. The van der Waals surface area contributed by atoms with Gasteiger partial charge < -0.3 is 19.5 Å². The summed E-state index contributed by atoms with van der Waals surface area (Å²) < 4.78 is 10.6. The van der Waals surface area contributed by atoms with Gasteiger partial charge in [0, 0.05) is 6.54 Å². The highest BCUT2D eigenvalue weighted by molar-refractivity contribution is 5.91. The Labute approximate surface area is 142 Å². The maximum absolute atomic E-state index is 12.0. The summed E-state index contributed by atoms with van der Waals surface area (Å²) in [5.41, 5.74) is 1.03. The summed E-state index contributed by atoms with van der Waals surface area (Å²) in [6.07, 6.45) is 0.902. The van der Waals surface area contributed by atoms with Crippen LogP contribution in [0.1, 0.15) is 36.4 Å². The number of benzene rings is 1. The maximum atomic E-state index is 12.0. The number of ether oxygens (including phenoxy) is 1. The van der Waals surface area contributed by atoms with E-state index in [9.17, 15) is 4.79 Å². The highest BCUT2D eigenvalue weighted by Gasteiger charge is 2.13. The van der Waals surface area contributed by atoms with Crippen LogP contribution >= 0.6 is 0 Å². The Hall–Kier alpha value is -2.34. The van der Waals surface area contributed by atoms with Crippen molar-refractivity contribution in [1.82, 2.24) is 15.4 Å². The van der Waals surface area contributed by atoms with Crippen molar-refractivity contribution < 1.29 is 14.1 Å². The van der Waals surface area contributed by atoms with Crippen molar-refractivity contribution in [2.24, 2.45) is 0 Å². The molecule has 0 atom stereocenters. The molecule has 130 valence electrons. The molecule has 0 bridgehead atoms. The number of carbonyl (C=O) groups is 1. The van der Waals surface area contributed by atoms with Crippen molar-refractivity contribution in [2.45, 2.75) is 26.9 Å². The molecular formula is C18H25N3O3. The Morgan fingerprint density at radius 1 is 1.25 bits per heavy atom. The third kappa shape index (κ3) is 5.70. The average molecular weight is 331 g/mol. The average Bonchev–Trinajstić information content (AvgIpc) is 3.10. The molecule has 2 aromatic rings. The smallest absolute Gasteiger partial charge is 0.290 e. The van der Waals surface area contributed by atoms with E-state index in [1.54, 1.807) is 0 Å². The van der Waals surface area contributed by atoms with Crippen molar-refractivity contribution in [3.63, 3.8) is 0 Å². The zero-order valence-electron chi connectivity index (χ0n) is 14.3. The van der Waals surface area contributed by atoms with Gasteiger partial charge in [0.15, 0.2) is 0 Å². The fourth-order valence-electron chi connectivity index (χ4n) is 2.30. The normalized spacial score (nSPS) is 10.8. The standard InChI is InChI=1S/C18H25N3O3/c1-3-21(4-2)12-8-11-19-18(22)16-13-17(20-24-16)23-14-15-9-6-5-7-10-15/h5-7,9-10,13H,3-4,8,11-12,14H2,1-2H3,(H,19,22). The summed E-state index contributed by atoms with van der Waals surface area (Å²) >= 11 is 0. The van der Waals surface area contributed by atoms with Crippen molar-refractivity contribution in [2.75, 3.05) is 26.2 Å². The summed E-state index contributed by atoms with van der Waals surface area (Å²) in [7, 11) is 0. The van der Waals surface area contributed by atoms with Crippen LogP contribution in [-0.2, 0) is 6.61 Å². The molecular weight excluding hydrogens is 306 g/mol. The largest absolute Gasteiger partial charge is 0.471 e. The number of hydrogen-bond donors (Lipinski definition) is 1. The predicted octanol–water partition coefficient (Wildman–Crippen LogP) is 2.72. The predicted molar refractivity (Wildman–Crippen MR) is 92.0 cm³/mol. The van der Waals surface area contributed by atoms with Crippen molar-refractivity contribution in [1.29, 1.82) is 0 Å². The number of nitrogens with zero attached hydrogens (tertiary/aromatic N) is 2. The van der Waals surface area contributed by atoms with Gasteiger partial charge in [0.2, 0.25) is 5.76 Å². The molecule has 24 heavy (non-hydrogen) atoms. The SMILES string of the molecule is CCN(CC)CCCNC(=O)c1cc(OCc2ccccc2)no1. The van der Waals surface area contributed by atoms with Gasteiger partial charge >= 0.3 is 0 Å². The highest BCUT2D eigenvalue weighted by atomic mass is 16.5. The quantitative estimate of drug-likeness (QED) is 0.678. The molecule has 1 aromatic carbocycles. The molecule has 6 nitrogen and oxygen atoms in total. The Morgan fingerprint density at radius 2 is 2.00 bits per heavy atom. The minimum absolute atomic E-state index is 0.168. The van der Waals surface area contributed by atoms with Gasteiger partial charge in [0.05, 0.1) is 6.07 Å². The number of nitrogens with one attached hydrogen (secondary N) is 1. The minimum atomic E-state index is -0.267. The summed E-state index contributed by atoms with van der Waals surface area (Å²) in [4.78, 5) is 14.3. The monoisotopic (exact) mass is 331 g/mol. The first kappa shape index (κ1) is 18.0. The molecule has 1 amide bonds. The van der Waals surface area contributed by atoms with Crippen molar-refractivity contribution >= 4 is 5.91 Å². The topological polar surface area (TPSA) is 67.6 Å². The van der Waals surface area contributed by atoms with Gasteiger partial charge in [-0.05, 0) is 36.8 Å². The first-order valence-corrected chi connectivity index (χ1v) is 8.37. The van der Waals surface area contributed by atoms with E-state index in [1.165, 1.54) is 6.07 Å². The summed E-state index contributed by atoms with van der Waals surface area (Å²) in [6, 6.07) is 11.3. The van der Waals surface area contributed by atoms with Gasteiger partial charge in [0.25, 0.3) is 11.8 Å². The van der Waals surface area contributed by atoms with Crippen molar-refractivity contribution in [3.05, 3.63) is 47.7 Å². The van der Waals surface area contributed by atoms with Gasteiger partial charge in [0.1, 0.15) is 6.61 Å². The second kappa shape index (κ2) is 9.72. The molecule has 2 rings (SSSR count). The summed E-state index contributed by atoms with van der Waals surface area (Å²) in [5.74, 6) is 0.213. The van der Waals surface area contributed by atoms with Gasteiger partial charge in [-0.3, -0.25) is 4.79 Å². The number of hydrogen-bond acceptors (Lipinski definition) is 5. The third-order valence-corrected chi connectivity index (χ3v) is 3.77. The molecule has 0 aliphatic carbocycles. The second-order valence-electron chi connectivity index (χ2n) is 5.44. The lowest BCUT2D eigenvalue weighted by atomic mass is 10.2. The molecule has 0 unspecified atom stereocenters. The molecule has 6 heteroatoms. The molecule has 0 saturated heterocycles. The lowest BCUT2D eigenvalue weighted by molar-refractivity contribution is 0.0914. The van der Waals surface area contributed by atoms with Crippen LogP contribution < -0.4 is 10.1 Å². The molecule has 1 N–H and O–H groups in total. The lowest BCUT2D eigenvalue weighted by Crippen LogP contribution is -2.29. The van der Waals surface area contributed by atoms with Crippen LogP contribution in [0.15, 0.2) is 40.9 Å². The highest BCUT2D eigenvalue weighted by Crippen LogP contribution is 2.13. The van der Waals surface area contributed by atoms with Crippen molar-refractivity contribution in [3.8, 4) is 5.88 Å². The molecule has 0 saturated carbocycles. The number of aromatic nitrogens is 1. The van der Waals surface area contributed by atoms with Gasteiger partial charge in [-0.2, -0.15) is 0 Å². The third-order valence-electron chi connectivity index (χ3n) is 3.77. The first-order valence-electron chi connectivity index (χ1n) is 8.37. The fraction of sp³-hybridized carbons (Fsp3) is 0.444. The molecule has 0 fully saturated rings. The molecule has 0 spiro atoms. The van der Waals surface area contributed by atoms with E-state index in [2.05, 4.69) is 29.2 Å². The zero-order chi connectivity index (χ0) is 17.2. The Kier molecular flexibility index (Phi) is 7.29.